The van der Waals surface area contributed by atoms with Gasteiger partial charge in [0.2, 0.25) is 5.76 Å². The Morgan fingerprint density at radius 3 is 2.43 bits per heavy atom. The van der Waals surface area contributed by atoms with E-state index in [2.05, 4.69) is 0 Å². The van der Waals surface area contributed by atoms with Crippen molar-refractivity contribution in [1.82, 2.24) is 0 Å². The highest BCUT2D eigenvalue weighted by Crippen LogP contribution is 2.45. The number of phenolic OH excluding ortho intramolecular Hbond substituents is 1. The van der Waals surface area contributed by atoms with Crippen LogP contribution in [0.4, 0.5) is 0 Å². The van der Waals surface area contributed by atoms with Crippen LogP contribution in [0.3, 0.4) is 0 Å². The Balaban J connectivity index is 1.56. The zero-order valence-electron chi connectivity index (χ0n) is 16.2. The number of benzene rings is 1. The van der Waals surface area contributed by atoms with E-state index in [1.54, 1.807) is 0 Å². The number of hydrogen-bond acceptors (Lipinski definition) is 8. The molecule has 0 saturated carbocycles. The first-order valence-corrected chi connectivity index (χ1v) is 9.24. The summed E-state index contributed by atoms with van der Waals surface area (Å²) in [6, 6.07) is 0. The number of fused-ring (bicyclic) bond motifs is 1. The minimum Gasteiger partial charge on any atom is -0.507 e. The Labute approximate surface area is 162 Å². The second-order valence-corrected chi connectivity index (χ2v) is 7.85. The third-order valence-corrected chi connectivity index (χ3v) is 6.03. The van der Waals surface area contributed by atoms with Crippen LogP contribution in [0.5, 0.6) is 11.5 Å². The molecule has 3 heterocycles. The summed E-state index contributed by atoms with van der Waals surface area (Å²) in [5, 5.41) is 29.7. The van der Waals surface area contributed by atoms with Crippen molar-refractivity contribution in [3.8, 4) is 11.5 Å². The van der Waals surface area contributed by atoms with Crippen LogP contribution in [0.25, 0.3) is 0 Å². The van der Waals surface area contributed by atoms with Gasteiger partial charge in [-0.1, -0.05) is 0 Å². The van der Waals surface area contributed by atoms with Gasteiger partial charge in [0.1, 0.15) is 17.6 Å². The molecule has 1 aromatic carbocycles. The molecule has 1 aromatic rings. The number of aliphatic hydroxyl groups excluding tert-OH is 2. The van der Waals surface area contributed by atoms with Crippen LogP contribution in [-0.4, -0.2) is 52.0 Å². The van der Waals surface area contributed by atoms with Crippen LogP contribution in [0.1, 0.15) is 35.6 Å². The fraction of sp³-hybridized carbons (Fsp3) is 0.550. The summed E-state index contributed by atoms with van der Waals surface area (Å²) in [6.07, 6.45) is -1.30. The Hall–Kier alpha value is -2.45. The maximum absolute atomic E-state index is 11.4. The van der Waals surface area contributed by atoms with Gasteiger partial charge in [0, 0.05) is 5.56 Å². The quantitative estimate of drug-likeness (QED) is 0.658. The number of esters is 1. The van der Waals surface area contributed by atoms with Crippen molar-refractivity contribution in [3.05, 3.63) is 33.8 Å². The van der Waals surface area contributed by atoms with Crippen LogP contribution in [-0.2, 0) is 25.4 Å². The summed E-state index contributed by atoms with van der Waals surface area (Å²) in [5.74, 6) is -1.30. The Morgan fingerprint density at radius 2 is 1.79 bits per heavy atom. The third-order valence-electron chi connectivity index (χ3n) is 6.03. The highest BCUT2D eigenvalue weighted by Gasteiger charge is 2.51. The lowest BCUT2D eigenvalue weighted by Crippen LogP contribution is -2.49. The van der Waals surface area contributed by atoms with Gasteiger partial charge in [-0.3, -0.25) is 0 Å². The van der Waals surface area contributed by atoms with E-state index in [-0.39, 0.29) is 6.61 Å². The molecule has 0 amide bonds. The van der Waals surface area contributed by atoms with Crippen molar-refractivity contribution in [2.24, 2.45) is 0 Å². The second-order valence-electron chi connectivity index (χ2n) is 7.85. The van der Waals surface area contributed by atoms with Gasteiger partial charge < -0.3 is 34.3 Å². The fourth-order valence-corrected chi connectivity index (χ4v) is 4.05. The number of carbonyl (C=O) groups is 1. The summed E-state index contributed by atoms with van der Waals surface area (Å²) in [6.45, 7) is 7.59. The zero-order chi connectivity index (χ0) is 20.4. The number of hydrogen-bond donors (Lipinski definition) is 3. The summed E-state index contributed by atoms with van der Waals surface area (Å²) in [4.78, 5) is 11.4. The van der Waals surface area contributed by atoms with Crippen molar-refractivity contribution in [1.29, 1.82) is 0 Å². The molecule has 28 heavy (non-hydrogen) atoms. The van der Waals surface area contributed by atoms with Gasteiger partial charge in [0.05, 0.1) is 6.61 Å². The smallest absolute Gasteiger partial charge is 0.377 e. The molecule has 152 valence electrons. The lowest BCUT2D eigenvalue weighted by molar-refractivity contribution is -0.184. The lowest BCUT2D eigenvalue weighted by Gasteiger charge is -2.40. The van der Waals surface area contributed by atoms with Crippen LogP contribution in [0.2, 0.25) is 0 Å². The number of aromatic hydroxyl groups is 1. The van der Waals surface area contributed by atoms with E-state index >= 15 is 0 Å². The van der Waals surface area contributed by atoms with Crippen LogP contribution in [0.15, 0.2) is 11.5 Å². The molecule has 0 bridgehead atoms. The van der Waals surface area contributed by atoms with Crippen molar-refractivity contribution >= 4 is 5.97 Å². The third kappa shape index (κ3) is 2.62. The minimum absolute atomic E-state index is 0.0817. The summed E-state index contributed by atoms with van der Waals surface area (Å²) in [5.41, 5.74) is 2.63. The largest absolute Gasteiger partial charge is 0.507 e. The van der Waals surface area contributed by atoms with E-state index in [9.17, 15) is 20.1 Å². The summed E-state index contributed by atoms with van der Waals surface area (Å²) < 4.78 is 23.0. The monoisotopic (exact) mass is 392 g/mol. The predicted octanol–water partition coefficient (Wildman–Crippen LogP) is 2.40. The summed E-state index contributed by atoms with van der Waals surface area (Å²) >= 11 is 0. The number of aliphatic hydroxyl groups is 2. The first-order valence-electron chi connectivity index (χ1n) is 9.24. The van der Waals surface area contributed by atoms with Crippen LogP contribution >= 0.6 is 0 Å². The first-order chi connectivity index (χ1) is 13.1. The predicted molar refractivity (Wildman–Crippen MR) is 96.4 cm³/mol. The molecule has 1 fully saturated rings. The van der Waals surface area contributed by atoms with E-state index < -0.39 is 41.6 Å². The maximum Gasteiger partial charge on any atom is 0.377 e. The number of cyclic esters (lactones) is 1. The van der Waals surface area contributed by atoms with Crippen LogP contribution in [0, 0.1) is 20.8 Å². The standard InChI is InChI=1S/C20H24O8/c1-8-9(2)16-11(10(3)13(8)21)5-6-20(4,28-16)19-25-7-12(26-19)17-14(22)15(23)18(24)27-17/h12,17,19,21-23H,5-7H2,1-4H3/t12-,17?,19?,20?/m0/s1. The molecule has 1 saturated heterocycles. The SMILES string of the molecule is Cc1c(C)c2c(c(C)c1O)CCC(C)(C1OC[C@@H](C3OC(=O)C(O)=C3O)O1)O2. The highest BCUT2D eigenvalue weighted by atomic mass is 16.8. The van der Waals surface area contributed by atoms with E-state index in [4.69, 9.17) is 18.9 Å². The number of ether oxygens (including phenoxy) is 4. The van der Waals surface area contributed by atoms with E-state index in [1.807, 2.05) is 27.7 Å². The fourth-order valence-electron chi connectivity index (χ4n) is 4.05. The van der Waals surface area contributed by atoms with Gasteiger partial charge in [0.15, 0.2) is 23.8 Å². The van der Waals surface area contributed by atoms with E-state index in [0.29, 0.717) is 18.6 Å². The lowest BCUT2D eigenvalue weighted by atomic mass is 9.87. The second kappa shape index (κ2) is 6.28. The highest BCUT2D eigenvalue weighted by molar-refractivity contribution is 5.89. The van der Waals surface area contributed by atoms with Gasteiger partial charge in [-0.15, -0.1) is 0 Å². The molecule has 4 atom stereocenters. The van der Waals surface area contributed by atoms with E-state index in [1.165, 1.54) is 0 Å². The molecular weight excluding hydrogens is 368 g/mol. The molecule has 8 nitrogen and oxygen atoms in total. The van der Waals surface area contributed by atoms with Crippen molar-refractivity contribution in [2.45, 2.75) is 64.6 Å². The Kier molecular flexibility index (Phi) is 4.24. The van der Waals surface area contributed by atoms with Crippen LogP contribution < -0.4 is 4.74 Å². The number of phenols is 1. The molecule has 0 aliphatic carbocycles. The van der Waals surface area contributed by atoms with Crippen molar-refractivity contribution < 1.29 is 39.1 Å². The average Bonchev–Trinajstić information content (AvgIpc) is 3.26. The van der Waals surface area contributed by atoms with Gasteiger partial charge in [-0.2, -0.15) is 0 Å². The van der Waals surface area contributed by atoms with Gasteiger partial charge in [-0.25, -0.2) is 4.79 Å². The van der Waals surface area contributed by atoms with Crippen molar-refractivity contribution in [2.75, 3.05) is 6.61 Å². The van der Waals surface area contributed by atoms with E-state index in [0.717, 1.165) is 28.0 Å². The normalized spacial score (nSPS) is 32.3. The summed E-state index contributed by atoms with van der Waals surface area (Å²) in [7, 11) is 0. The molecule has 3 aliphatic rings. The average molecular weight is 392 g/mol. The minimum atomic E-state index is -1.10. The number of rotatable bonds is 2. The molecule has 3 aliphatic heterocycles. The molecule has 3 unspecified atom stereocenters. The van der Waals surface area contributed by atoms with Gasteiger partial charge >= 0.3 is 5.97 Å². The Morgan fingerprint density at radius 1 is 1.07 bits per heavy atom. The zero-order valence-corrected chi connectivity index (χ0v) is 16.2. The molecule has 3 N–H and O–H groups in total. The molecular formula is C20H24O8. The topological polar surface area (TPSA) is 115 Å². The maximum atomic E-state index is 11.4. The molecule has 8 heteroatoms. The van der Waals surface area contributed by atoms with Gasteiger partial charge in [0.25, 0.3) is 0 Å². The first kappa shape index (κ1) is 18.9. The van der Waals surface area contributed by atoms with Crippen molar-refractivity contribution in [3.63, 3.8) is 0 Å². The molecule has 0 spiro atoms. The number of carbonyl (C=O) groups excluding carboxylic acids is 1. The molecule has 4 rings (SSSR count). The molecule has 0 radical (unpaired) electrons. The molecule has 0 aromatic heterocycles. The van der Waals surface area contributed by atoms with Gasteiger partial charge in [-0.05, 0) is 57.2 Å². The Bertz CT molecular complexity index is 889.